The molecule has 0 aliphatic carbocycles. The molecular weight excluding hydrogens is 745 g/mol. The molecule has 0 N–H and O–H groups in total. The fourth-order valence-electron chi connectivity index (χ4n) is 9.00. The second-order valence-corrected chi connectivity index (χ2v) is 15.3. The van der Waals surface area contributed by atoms with Gasteiger partial charge in [-0.05, 0) is 116 Å². The van der Waals surface area contributed by atoms with Crippen LogP contribution in [0.15, 0.2) is 201 Å². The standard InChI is InChI=1S/C52H30N4O4/c57-49-41-27-37(35-15-7-13-33(25-35)31-9-3-1-4-10-31)17-21-45(41)53-47-23-19-39(29-43(47)51(59)55(49)53)40-20-24-48-44(30-40)52(60)56-50(58)42-28-38(18-22-46(42)54(48)56)36-16-8-14-34(26-36)32-11-5-2-6-12-32/h1-30H. The van der Waals surface area contributed by atoms with Crippen LogP contribution in [0.2, 0.25) is 0 Å². The van der Waals surface area contributed by atoms with E-state index in [1.807, 2.05) is 121 Å². The van der Waals surface area contributed by atoms with Crippen LogP contribution in [0.3, 0.4) is 0 Å². The molecule has 0 radical (unpaired) electrons. The average molecular weight is 775 g/mol. The Labute approximate surface area is 339 Å². The van der Waals surface area contributed by atoms with Crippen molar-refractivity contribution in [1.29, 1.82) is 0 Å². The van der Waals surface area contributed by atoms with Gasteiger partial charge < -0.3 is 0 Å². The minimum Gasteiger partial charge on any atom is -0.267 e. The number of hydrogen-bond acceptors (Lipinski definition) is 4. The second kappa shape index (κ2) is 12.6. The highest BCUT2D eigenvalue weighted by Crippen LogP contribution is 2.32. The van der Waals surface area contributed by atoms with E-state index in [4.69, 9.17) is 0 Å². The molecule has 4 aromatic heterocycles. The Hall–Kier alpha value is -8.36. The lowest BCUT2D eigenvalue weighted by Crippen LogP contribution is -2.21. The van der Waals surface area contributed by atoms with Crippen LogP contribution in [0.4, 0.5) is 0 Å². The zero-order valence-corrected chi connectivity index (χ0v) is 31.7. The van der Waals surface area contributed by atoms with Gasteiger partial charge in [0.05, 0.1) is 43.6 Å². The third kappa shape index (κ3) is 4.85. The van der Waals surface area contributed by atoms with E-state index < -0.39 is 11.1 Å². The average Bonchev–Trinajstić information content (AvgIpc) is 3.98. The van der Waals surface area contributed by atoms with Gasteiger partial charge in [0.25, 0.3) is 22.2 Å². The van der Waals surface area contributed by atoms with Crippen molar-refractivity contribution >= 4 is 43.6 Å². The van der Waals surface area contributed by atoms with Gasteiger partial charge in [0, 0.05) is 0 Å². The normalized spacial score (nSPS) is 11.9. The lowest BCUT2D eigenvalue weighted by molar-refractivity contribution is 0.841. The monoisotopic (exact) mass is 774 g/mol. The van der Waals surface area contributed by atoms with Gasteiger partial charge in [0.2, 0.25) is 0 Å². The van der Waals surface area contributed by atoms with E-state index in [0.29, 0.717) is 54.7 Å². The predicted octanol–water partition coefficient (Wildman–Crippen LogP) is 9.66. The van der Waals surface area contributed by atoms with E-state index in [0.717, 1.165) is 44.5 Å². The Morgan fingerprint density at radius 2 is 0.467 bits per heavy atom. The number of benzene rings is 8. The summed E-state index contributed by atoms with van der Waals surface area (Å²) in [6.07, 6.45) is 0. The first-order valence-corrected chi connectivity index (χ1v) is 19.7. The van der Waals surface area contributed by atoms with Crippen LogP contribution < -0.4 is 22.2 Å². The van der Waals surface area contributed by atoms with E-state index in [2.05, 4.69) is 48.5 Å². The third-order valence-corrected chi connectivity index (χ3v) is 11.9. The summed E-state index contributed by atoms with van der Waals surface area (Å²) in [5.74, 6) is 0. The van der Waals surface area contributed by atoms with E-state index in [-0.39, 0.29) is 11.1 Å². The van der Waals surface area contributed by atoms with Crippen LogP contribution in [0.25, 0.3) is 99.2 Å². The van der Waals surface area contributed by atoms with Gasteiger partial charge in [0.1, 0.15) is 0 Å². The largest absolute Gasteiger partial charge is 0.282 e. The Balaban J connectivity index is 0.922. The molecule has 0 spiro atoms. The summed E-state index contributed by atoms with van der Waals surface area (Å²) in [6, 6.07) is 59.1. The third-order valence-electron chi connectivity index (χ3n) is 11.9. The van der Waals surface area contributed by atoms with Crippen molar-refractivity contribution in [3.8, 4) is 55.6 Å². The van der Waals surface area contributed by atoms with E-state index in [1.165, 1.54) is 9.03 Å². The Morgan fingerprint density at radius 3 is 0.767 bits per heavy atom. The van der Waals surface area contributed by atoms with Gasteiger partial charge in [-0.25, -0.2) is 9.03 Å². The van der Waals surface area contributed by atoms with E-state index in [1.54, 1.807) is 21.2 Å². The minimum absolute atomic E-state index is 0.385. The fraction of sp³-hybridized carbons (Fsp3) is 0. The van der Waals surface area contributed by atoms with Crippen molar-refractivity contribution in [2.75, 3.05) is 0 Å². The van der Waals surface area contributed by atoms with E-state index in [9.17, 15) is 19.2 Å². The Kier molecular flexibility index (Phi) is 7.07. The zero-order valence-electron chi connectivity index (χ0n) is 31.7. The molecule has 0 aliphatic rings. The van der Waals surface area contributed by atoms with Gasteiger partial charge >= 0.3 is 0 Å². The van der Waals surface area contributed by atoms with Gasteiger partial charge in [-0.2, -0.15) is 9.03 Å². The molecule has 0 saturated heterocycles. The van der Waals surface area contributed by atoms with Crippen LogP contribution in [0, 0.1) is 0 Å². The summed E-state index contributed by atoms with van der Waals surface area (Å²) in [7, 11) is 0. The predicted molar refractivity (Wildman–Crippen MR) is 240 cm³/mol. The van der Waals surface area contributed by atoms with Gasteiger partial charge in [-0.15, -0.1) is 0 Å². The summed E-state index contributed by atoms with van der Waals surface area (Å²) >= 11 is 0. The van der Waals surface area contributed by atoms with Crippen molar-refractivity contribution in [1.82, 2.24) is 18.1 Å². The van der Waals surface area contributed by atoms with Crippen molar-refractivity contribution in [2.45, 2.75) is 0 Å². The second-order valence-electron chi connectivity index (χ2n) is 15.3. The molecule has 0 saturated carbocycles. The highest BCUT2D eigenvalue weighted by Gasteiger charge is 2.21. The topological polar surface area (TPSA) is 85.9 Å². The zero-order chi connectivity index (χ0) is 40.2. The molecule has 8 aromatic carbocycles. The molecule has 12 rings (SSSR count). The molecule has 0 bridgehead atoms. The smallest absolute Gasteiger partial charge is 0.267 e. The van der Waals surface area contributed by atoms with Gasteiger partial charge in [0.15, 0.2) is 0 Å². The maximum absolute atomic E-state index is 14.0. The van der Waals surface area contributed by atoms with Gasteiger partial charge in [-0.3, -0.25) is 19.2 Å². The first-order valence-electron chi connectivity index (χ1n) is 19.7. The van der Waals surface area contributed by atoms with Crippen LogP contribution in [0.1, 0.15) is 0 Å². The lowest BCUT2D eigenvalue weighted by Gasteiger charge is -2.07. The summed E-state index contributed by atoms with van der Waals surface area (Å²) < 4.78 is 5.77. The molecular formula is C52H30N4O4. The highest BCUT2D eigenvalue weighted by atomic mass is 16.2. The summed E-state index contributed by atoms with van der Waals surface area (Å²) in [5, 5.41) is 1.68. The number of nitrogens with zero attached hydrogens (tertiary/aromatic N) is 4. The van der Waals surface area contributed by atoms with Crippen LogP contribution in [-0.2, 0) is 0 Å². The molecule has 60 heavy (non-hydrogen) atoms. The molecule has 282 valence electrons. The molecule has 12 aromatic rings. The summed E-state index contributed by atoms with van der Waals surface area (Å²) in [4.78, 5) is 55.8. The maximum atomic E-state index is 14.0. The first-order chi connectivity index (χ1) is 29.4. The molecule has 8 nitrogen and oxygen atoms in total. The van der Waals surface area contributed by atoms with Crippen LogP contribution in [0.5, 0.6) is 0 Å². The number of rotatable bonds is 5. The maximum Gasteiger partial charge on any atom is 0.282 e. The number of hydrogen-bond donors (Lipinski definition) is 0. The molecule has 0 aliphatic heterocycles. The van der Waals surface area contributed by atoms with Crippen LogP contribution in [-0.4, -0.2) is 18.1 Å². The fourth-order valence-corrected chi connectivity index (χ4v) is 9.00. The highest BCUT2D eigenvalue weighted by molar-refractivity contribution is 5.95. The first kappa shape index (κ1) is 33.7. The molecule has 0 unspecified atom stereocenters. The van der Waals surface area contributed by atoms with Crippen molar-refractivity contribution in [2.24, 2.45) is 0 Å². The molecule has 4 heterocycles. The van der Waals surface area contributed by atoms with Gasteiger partial charge in [-0.1, -0.05) is 121 Å². The van der Waals surface area contributed by atoms with Crippen LogP contribution >= 0.6 is 0 Å². The lowest BCUT2D eigenvalue weighted by atomic mass is 9.98. The number of fused-ring (bicyclic) bond motifs is 10. The van der Waals surface area contributed by atoms with Crippen molar-refractivity contribution in [3.05, 3.63) is 223 Å². The Bertz CT molecular complexity index is 3710. The molecule has 0 fully saturated rings. The van der Waals surface area contributed by atoms with Crippen molar-refractivity contribution in [3.63, 3.8) is 0 Å². The Morgan fingerprint density at radius 1 is 0.217 bits per heavy atom. The summed E-state index contributed by atoms with van der Waals surface area (Å²) in [6.45, 7) is 0. The molecule has 8 heteroatoms. The van der Waals surface area contributed by atoms with Crippen molar-refractivity contribution < 1.29 is 0 Å². The molecule has 0 atom stereocenters. The summed E-state index contributed by atoms with van der Waals surface area (Å²) in [5.41, 5.74) is 10.3. The SMILES string of the molecule is O=c1c2cc(-c3cccc(-c4ccccc4)c3)ccc2n2c3ccc(-c4ccc5c(c4)c(=O)n4c(=O)c6cc(-c7cccc(-c8ccccc8)c7)ccc6n54)cc3c(=O)n12. The number of aromatic nitrogens is 4. The minimum atomic E-state index is -0.418. The quantitative estimate of drug-likeness (QED) is 0.174. The molecule has 0 amide bonds. The van der Waals surface area contributed by atoms with E-state index >= 15 is 0 Å².